The lowest BCUT2D eigenvalue weighted by atomic mass is 10.5. The van der Waals surface area contributed by atoms with Crippen molar-refractivity contribution in [3.63, 3.8) is 0 Å². The Balaban J connectivity index is 3.80. The molecule has 0 unspecified atom stereocenters. The van der Waals surface area contributed by atoms with Gasteiger partial charge in [-0.3, -0.25) is 4.79 Å². The summed E-state index contributed by atoms with van der Waals surface area (Å²) in [5, 5.41) is 0. The van der Waals surface area contributed by atoms with Gasteiger partial charge in [0.05, 0.1) is 7.11 Å². The summed E-state index contributed by atoms with van der Waals surface area (Å²) >= 11 is 0. The Morgan fingerprint density at radius 2 is 1.69 bits per heavy atom. The van der Waals surface area contributed by atoms with Crippen molar-refractivity contribution in [2.75, 3.05) is 13.7 Å². The van der Waals surface area contributed by atoms with Gasteiger partial charge >= 0.3 is 11.9 Å². The standard InChI is InChI=1S/C8H10O5/c1-6(9)5-13-8(11)4-3-7(10)12-2/h3-4H,5H2,1-2H3/b4-3-. The minimum atomic E-state index is -0.749. The molecule has 0 rings (SSSR count). The molecule has 5 heteroatoms. The Hall–Kier alpha value is -1.65. The lowest BCUT2D eigenvalue weighted by Crippen LogP contribution is -2.09. The van der Waals surface area contributed by atoms with Gasteiger partial charge in [-0.1, -0.05) is 0 Å². The van der Waals surface area contributed by atoms with Crippen LogP contribution in [-0.4, -0.2) is 31.4 Å². The molecule has 0 aromatic heterocycles. The zero-order valence-electron chi connectivity index (χ0n) is 7.40. The van der Waals surface area contributed by atoms with Crippen LogP contribution >= 0.6 is 0 Å². The van der Waals surface area contributed by atoms with E-state index in [2.05, 4.69) is 9.47 Å². The first-order chi connectivity index (χ1) is 6.06. The summed E-state index contributed by atoms with van der Waals surface area (Å²) < 4.78 is 8.64. The molecule has 13 heavy (non-hydrogen) atoms. The molecule has 0 aliphatic carbocycles. The number of ketones is 1. The number of esters is 2. The molecule has 0 saturated heterocycles. The second-order valence-electron chi connectivity index (χ2n) is 2.17. The largest absolute Gasteiger partial charge is 0.466 e. The fraction of sp³-hybridized carbons (Fsp3) is 0.375. The lowest BCUT2D eigenvalue weighted by molar-refractivity contribution is -0.143. The number of hydrogen-bond acceptors (Lipinski definition) is 5. The minimum absolute atomic E-state index is 0.264. The molecule has 0 aromatic carbocycles. The van der Waals surface area contributed by atoms with Crippen LogP contribution in [0.3, 0.4) is 0 Å². The van der Waals surface area contributed by atoms with E-state index in [0.29, 0.717) is 0 Å². The van der Waals surface area contributed by atoms with Crippen LogP contribution in [0.15, 0.2) is 12.2 Å². The van der Waals surface area contributed by atoms with Crippen LogP contribution in [0.4, 0.5) is 0 Å². The number of Topliss-reactive ketones (excluding diaryl/α,β-unsaturated/α-hetero) is 1. The summed E-state index contributed by atoms with van der Waals surface area (Å²) in [5.41, 5.74) is 0. The van der Waals surface area contributed by atoms with Gasteiger partial charge < -0.3 is 9.47 Å². The van der Waals surface area contributed by atoms with Crippen LogP contribution in [0.2, 0.25) is 0 Å². The number of rotatable bonds is 4. The summed E-state index contributed by atoms with van der Waals surface area (Å²) in [6.07, 6.45) is 1.82. The van der Waals surface area contributed by atoms with E-state index in [1.54, 1.807) is 0 Å². The van der Waals surface area contributed by atoms with Crippen molar-refractivity contribution in [2.24, 2.45) is 0 Å². The maximum absolute atomic E-state index is 10.7. The van der Waals surface area contributed by atoms with Gasteiger partial charge in [-0.2, -0.15) is 0 Å². The van der Waals surface area contributed by atoms with E-state index in [9.17, 15) is 14.4 Å². The summed E-state index contributed by atoms with van der Waals surface area (Å²) in [5.74, 6) is -1.67. The van der Waals surface area contributed by atoms with E-state index in [0.717, 1.165) is 12.2 Å². The lowest BCUT2D eigenvalue weighted by Gasteiger charge is -1.96. The maximum Gasteiger partial charge on any atom is 0.331 e. The molecule has 0 aliphatic heterocycles. The Morgan fingerprint density at radius 1 is 1.15 bits per heavy atom. The zero-order chi connectivity index (χ0) is 10.3. The highest BCUT2D eigenvalue weighted by atomic mass is 16.5. The first-order valence-electron chi connectivity index (χ1n) is 3.48. The van der Waals surface area contributed by atoms with Crippen molar-refractivity contribution in [1.82, 2.24) is 0 Å². The van der Waals surface area contributed by atoms with E-state index in [1.807, 2.05) is 0 Å². The van der Waals surface area contributed by atoms with Crippen LogP contribution in [0.1, 0.15) is 6.92 Å². The van der Waals surface area contributed by atoms with Gasteiger partial charge in [-0.15, -0.1) is 0 Å². The van der Waals surface area contributed by atoms with Gasteiger partial charge in [0.2, 0.25) is 0 Å². The molecule has 0 heterocycles. The van der Waals surface area contributed by atoms with Crippen LogP contribution in [0.5, 0.6) is 0 Å². The summed E-state index contributed by atoms with van der Waals surface area (Å²) in [4.78, 5) is 31.5. The highest BCUT2D eigenvalue weighted by Crippen LogP contribution is 1.84. The molecule has 0 atom stereocenters. The van der Waals surface area contributed by atoms with E-state index in [-0.39, 0.29) is 12.4 Å². The Labute approximate surface area is 75.3 Å². The van der Waals surface area contributed by atoms with E-state index in [4.69, 9.17) is 0 Å². The molecular formula is C8H10O5. The average molecular weight is 186 g/mol. The smallest absolute Gasteiger partial charge is 0.331 e. The van der Waals surface area contributed by atoms with Crippen molar-refractivity contribution in [3.8, 4) is 0 Å². The molecule has 72 valence electrons. The van der Waals surface area contributed by atoms with Crippen LogP contribution < -0.4 is 0 Å². The average Bonchev–Trinajstić information content (AvgIpc) is 2.10. The monoisotopic (exact) mass is 186 g/mol. The predicted molar refractivity (Wildman–Crippen MR) is 42.8 cm³/mol. The van der Waals surface area contributed by atoms with Gasteiger partial charge in [-0.25, -0.2) is 9.59 Å². The highest BCUT2D eigenvalue weighted by Gasteiger charge is 2.00. The van der Waals surface area contributed by atoms with Crippen molar-refractivity contribution in [2.45, 2.75) is 6.92 Å². The number of hydrogen-bond donors (Lipinski definition) is 0. The predicted octanol–water partition coefficient (Wildman–Crippen LogP) is -0.152. The summed E-state index contributed by atoms with van der Waals surface area (Å²) in [7, 11) is 1.19. The first kappa shape index (κ1) is 11.4. The second kappa shape index (κ2) is 5.93. The molecule has 0 radical (unpaired) electrons. The van der Waals surface area contributed by atoms with Crippen molar-refractivity contribution < 1.29 is 23.9 Å². The molecule has 0 aliphatic rings. The van der Waals surface area contributed by atoms with Crippen LogP contribution in [-0.2, 0) is 23.9 Å². The molecule has 0 fully saturated rings. The SMILES string of the molecule is COC(=O)/C=C\C(=O)OCC(C)=O. The Morgan fingerprint density at radius 3 is 2.15 bits per heavy atom. The number of carbonyl (C=O) groups is 3. The molecule has 0 amide bonds. The molecule has 0 aromatic rings. The third-order valence-corrected chi connectivity index (χ3v) is 0.974. The van der Waals surface area contributed by atoms with Gasteiger partial charge in [0.25, 0.3) is 0 Å². The van der Waals surface area contributed by atoms with Gasteiger partial charge in [0.1, 0.15) is 6.61 Å². The highest BCUT2D eigenvalue weighted by molar-refractivity contribution is 5.92. The van der Waals surface area contributed by atoms with Gasteiger partial charge in [0.15, 0.2) is 5.78 Å². The molecule has 0 spiro atoms. The first-order valence-corrected chi connectivity index (χ1v) is 3.48. The number of ether oxygens (including phenoxy) is 2. The minimum Gasteiger partial charge on any atom is -0.466 e. The molecule has 0 saturated carbocycles. The van der Waals surface area contributed by atoms with Gasteiger partial charge in [0, 0.05) is 12.2 Å². The fourth-order valence-electron chi connectivity index (χ4n) is 0.425. The number of carbonyl (C=O) groups excluding carboxylic acids is 3. The van der Waals surface area contributed by atoms with E-state index in [1.165, 1.54) is 14.0 Å². The molecule has 0 N–H and O–H groups in total. The molecular weight excluding hydrogens is 176 g/mol. The topological polar surface area (TPSA) is 69.7 Å². The zero-order valence-corrected chi connectivity index (χ0v) is 7.40. The van der Waals surface area contributed by atoms with E-state index < -0.39 is 11.9 Å². The Kier molecular flexibility index (Phi) is 5.18. The molecule has 0 bridgehead atoms. The van der Waals surface area contributed by atoms with E-state index >= 15 is 0 Å². The van der Waals surface area contributed by atoms with Crippen molar-refractivity contribution in [3.05, 3.63) is 12.2 Å². The third-order valence-electron chi connectivity index (χ3n) is 0.974. The Bertz CT molecular complexity index is 241. The van der Waals surface area contributed by atoms with Crippen LogP contribution in [0, 0.1) is 0 Å². The van der Waals surface area contributed by atoms with Crippen molar-refractivity contribution >= 4 is 17.7 Å². The summed E-state index contributed by atoms with van der Waals surface area (Å²) in [6, 6.07) is 0. The second-order valence-corrected chi connectivity index (χ2v) is 2.17. The molecule has 5 nitrogen and oxygen atoms in total. The fourth-order valence-corrected chi connectivity index (χ4v) is 0.425. The summed E-state index contributed by atoms with van der Waals surface area (Å²) in [6.45, 7) is 1.00. The third kappa shape index (κ3) is 6.74. The maximum atomic E-state index is 10.7. The number of methoxy groups -OCH3 is 1. The van der Waals surface area contributed by atoms with Crippen molar-refractivity contribution in [1.29, 1.82) is 0 Å². The quantitative estimate of drug-likeness (QED) is 0.451. The van der Waals surface area contributed by atoms with Gasteiger partial charge in [-0.05, 0) is 6.92 Å². The van der Waals surface area contributed by atoms with Crippen LogP contribution in [0.25, 0.3) is 0 Å². The normalized spacial score (nSPS) is 9.69.